The minimum atomic E-state index is 0.396. The zero-order chi connectivity index (χ0) is 8.81. The van der Waals surface area contributed by atoms with Crippen LogP contribution in [-0.2, 0) is 6.42 Å². The van der Waals surface area contributed by atoms with E-state index in [1.807, 2.05) is 6.07 Å². The van der Waals surface area contributed by atoms with E-state index >= 15 is 0 Å². The number of hydrazine groups is 1. The summed E-state index contributed by atoms with van der Waals surface area (Å²) in [6, 6.07) is 10.8. The van der Waals surface area contributed by atoms with Crippen molar-refractivity contribution in [3.05, 3.63) is 35.9 Å². The van der Waals surface area contributed by atoms with Gasteiger partial charge in [-0.3, -0.25) is 11.3 Å². The van der Waals surface area contributed by atoms with Crippen molar-refractivity contribution >= 4 is 0 Å². The summed E-state index contributed by atoms with van der Waals surface area (Å²) in [4.78, 5) is 0. The van der Waals surface area contributed by atoms with Gasteiger partial charge in [-0.25, -0.2) is 0 Å². The highest BCUT2D eigenvalue weighted by Gasteiger charge is 2.02. The Balaban J connectivity index is 2.51. The van der Waals surface area contributed by atoms with Crippen LogP contribution < -0.4 is 11.3 Å². The molecule has 0 heterocycles. The monoisotopic (exact) mass is 164 g/mol. The van der Waals surface area contributed by atoms with Crippen molar-refractivity contribution in [1.29, 1.82) is 0 Å². The van der Waals surface area contributed by atoms with Crippen molar-refractivity contribution in [2.45, 2.75) is 25.8 Å². The molecule has 0 spiro atoms. The average molecular weight is 164 g/mol. The molecule has 0 radical (unpaired) electrons. The average Bonchev–Trinajstić information content (AvgIpc) is 2.16. The van der Waals surface area contributed by atoms with Crippen molar-refractivity contribution < 1.29 is 0 Å². The number of hydrogen-bond acceptors (Lipinski definition) is 2. The van der Waals surface area contributed by atoms with Crippen LogP contribution in [0, 0.1) is 0 Å². The van der Waals surface area contributed by atoms with Gasteiger partial charge in [0.1, 0.15) is 0 Å². The molecule has 0 saturated heterocycles. The Kier molecular flexibility index (Phi) is 3.77. The Morgan fingerprint density at radius 2 is 2.00 bits per heavy atom. The van der Waals surface area contributed by atoms with Gasteiger partial charge in [0.15, 0.2) is 0 Å². The molecule has 0 aliphatic rings. The molecule has 2 nitrogen and oxygen atoms in total. The van der Waals surface area contributed by atoms with Gasteiger partial charge < -0.3 is 0 Å². The van der Waals surface area contributed by atoms with E-state index in [1.54, 1.807) is 0 Å². The highest BCUT2D eigenvalue weighted by molar-refractivity contribution is 5.15. The van der Waals surface area contributed by atoms with E-state index in [4.69, 9.17) is 5.84 Å². The second kappa shape index (κ2) is 4.91. The van der Waals surface area contributed by atoms with Crippen molar-refractivity contribution in [3.8, 4) is 0 Å². The van der Waals surface area contributed by atoms with E-state index in [1.165, 1.54) is 5.56 Å². The van der Waals surface area contributed by atoms with Gasteiger partial charge in [0.2, 0.25) is 0 Å². The van der Waals surface area contributed by atoms with Gasteiger partial charge >= 0.3 is 0 Å². The number of benzene rings is 1. The van der Waals surface area contributed by atoms with Crippen LogP contribution >= 0.6 is 0 Å². The van der Waals surface area contributed by atoms with Crippen molar-refractivity contribution in [2.24, 2.45) is 5.84 Å². The second-order valence-corrected chi connectivity index (χ2v) is 2.96. The summed E-state index contributed by atoms with van der Waals surface area (Å²) in [5, 5.41) is 0. The van der Waals surface area contributed by atoms with E-state index < -0.39 is 0 Å². The lowest BCUT2D eigenvalue weighted by Gasteiger charge is -2.12. The van der Waals surface area contributed by atoms with Crippen LogP contribution in [0.5, 0.6) is 0 Å². The minimum absolute atomic E-state index is 0.396. The maximum Gasteiger partial charge on any atom is 0.0248 e. The summed E-state index contributed by atoms with van der Waals surface area (Å²) in [7, 11) is 0. The summed E-state index contributed by atoms with van der Waals surface area (Å²) in [6.07, 6.45) is 2.07. The SMILES string of the molecule is CCC(Cc1ccccc1)NN. The van der Waals surface area contributed by atoms with Gasteiger partial charge in [0.25, 0.3) is 0 Å². The molecule has 0 fully saturated rings. The first-order valence-corrected chi connectivity index (χ1v) is 4.37. The van der Waals surface area contributed by atoms with E-state index in [0.717, 1.165) is 12.8 Å². The molecule has 12 heavy (non-hydrogen) atoms. The van der Waals surface area contributed by atoms with Gasteiger partial charge in [-0.2, -0.15) is 0 Å². The third-order valence-electron chi connectivity index (χ3n) is 2.05. The highest BCUT2D eigenvalue weighted by Crippen LogP contribution is 2.04. The van der Waals surface area contributed by atoms with Crippen LogP contribution in [0.4, 0.5) is 0 Å². The van der Waals surface area contributed by atoms with E-state index in [9.17, 15) is 0 Å². The molecule has 1 atom stereocenters. The number of nitrogens with two attached hydrogens (primary N) is 1. The lowest BCUT2D eigenvalue weighted by Crippen LogP contribution is -2.36. The van der Waals surface area contributed by atoms with Crippen LogP contribution in [-0.4, -0.2) is 6.04 Å². The fourth-order valence-electron chi connectivity index (χ4n) is 1.22. The van der Waals surface area contributed by atoms with Crippen LogP contribution in [0.1, 0.15) is 18.9 Å². The summed E-state index contributed by atoms with van der Waals surface area (Å²) < 4.78 is 0. The first kappa shape index (κ1) is 9.23. The van der Waals surface area contributed by atoms with Crippen LogP contribution in [0.3, 0.4) is 0 Å². The lowest BCUT2D eigenvalue weighted by molar-refractivity contribution is 0.511. The number of rotatable bonds is 4. The predicted octanol–water partition coefficient (Wildman–Crippen LogP) is 1.47. The van der Waals surface area contributed by atoms with E-state index in [0.29, 0.717) is 6.04 Å². The van der Waals surface area contributed by atoms with Crippen LogP contribution in [0.2, 0.25) is 0 Å². The Labute approximate surface area is 73.8 Å². The molecule has 1 unspecified atom stereocenters. The Hall–Kier alpha value is -0.860. The molecule has 3 N–H and O–H groups in total. The smallest absolute Gasteiger partial charge is 0.0248 e. The molecule has 1 rings (SSSR count). The molecule has 0 amide bonds. The Morgan fingerprint density at radius 1 is 1.33 bits per heavy atom. The zero-order valence-corrected chi connectivity index (χ0v) is 7.46. The maximum atomic E-state index is 5.38. The largest absolute Gasteiger partial charge is 0.271 e. The third kappa shape index (κ3) is 2.64. The summed E-state index contributed by atoms with van der Waals surface area (Å²) in [5.41, 5.74) is 4.14. The lowest BCUT2D eigenvalue weighted by atomic mass is 10.1. The molecule has 1 aromatic rings. The number of hydrogen-bond donors (Lipinski definition) is 2. The fraction of sp³-hybridized carbons (Fsp3) is 0.400. The standard InChI is InChI=1S/C10H16N2/c1-2-10(12-11)8-9-6-4-3-5-7-9/h3-7,10,12H,2,8,11H2,1H3. The molecule has 0 aromatic heterocycles. The van der Waals surface area contributed by atoms with Crippen molar-refractivity contribution in [2.75, 3.05) is 0 Å². The molecule has 0 saturated carbocycles. The highest BCUT2D eigenvalue weighted by atomic mass is 15.2. The van der Waals surface area contributed by atoms with E-state index in [2.05, 4.69) is 36.6 Å². The molecule has 1 aromatic carbocycles. The molecular weight excluding hydrogens is 148 g/mol. The Bertz CT molecular complexity index is 204. The van der Waals surface area contributed by atoms with Gasteiger partial charge in [0.05, 0.1) is 0 Å². The zero-order valence-electron chi connectivity index (χ0n) is 7.46. The topological polar surface area (TPSA) is 38.0 Å². The van der Waals surface area contributed by atoms with Gasteiger partial charge in [-0.1, -0.05) is 37.3 Å². The molecule has 0 aliphatic heterocycles. The van der Waals surface area contributed by atoms with Gasteiger partial charge in [-0.05, 0) is 18.4 Å². The van der Waals surface area contributed by atoms with Crippen molar-refractivity contribution in [1.82, 2.24) is 5.43 Å². The van der Waals surface area contributed by atoms with Crippen LogP contribution in [0.25, 0.3) is 0 Å². The quantitative estimate of drug-likeness (QED) is 0.522. The van der Waals surface area contributed by atoms with Gasteiger partial charge in [0, 0.05) is 6.04 Å². The first-order valence-electron chi connectivity index (χ1n) is 4.37. The molecule has 0 aliphatic carbocycles. The van der Waals surface area contributed by atoms with Crippen molar-refractivity contribution in [3.63, 3.8) is 0 Å². The van der Waals surface area contributed by atoms with E-state index in [-0.39, 0.29) is 0 Å². The maximum absolute atomic E-state index is 5.38. The fourth-order valence-corrected chi connectivity index (χ4v) is 1.22. The van der Waals surface area contributed by atoms with Crippen LogP contribution in [0.15, 0.2) is 30.3 Å². The molecule has 2 heteroatoms. The summed E-state index contributed by atoms with van der Waals surface area (Å²) >= 11 is 0. The normalized spacial score (nSPS) is 12.8. The second-order valence-electron chi connectivity index (χ2n) is 2.96. The molecular formula is C10H16N2. The summed E-state index contributed by atoms with van der Waals surface area (Å²) in [5.74, 6) is 5.38. The predicted molar refractivity (Wildman–Crippen MR) is 51.5 cm³/mol. The molecule has 0 bridgehead atoms. The number of nitrogens with one attached hydrogen (secondary N) is 1. The van der Waals surface area contributed by atoms with Gasteiger partial charge in [-0.15, -0.1) is 0 Å². The molecule has 66 valence electrons. The third-order valence-corrected chi connectivity index (χ3v) is 2.05. The summed E-state index contributed by atoms with van der Waals surface area (Å²) in [6.45, 7) is 2.13. The first-order chi connectivity index (χ1) is 5.86. The minimum Gasteiger partial charge on any atom is -0.271 e. The Morgan fingerprint density at radius 3 is 2.50 bits per heavy atom.